The minimum absolute atomic E-state index is 0.0637. The van der Waals surface area contributed by atoms with E-state index >= 15 is 0 Å². The Hall–Kier alpha value is -0.680. The molecule has 1 saturated carbocycles. The molecule has 1 aromatic heterocycles. The molecule has 2 rings (SSSR count). The van der Waals surface area contributed by atoms with Crippen molar-refractivity contribution in [1.29, 1.82) is 0 Å². The number of sulfone groups is 1. The lowest BCUT2D eigenvalue weighted by Gasteiger charge is -2.21. The third-order valence-corrected chi connectivity index (χ3v) is 6.94. The van der Waals surface area contributed by atoms with E-state index in [0.29, 0.717) is 12.8 Å². The smallest absolute Gasteiger partial charge is 0.172 e. The van der Waals surface area contributed by atoms with Crippen LogP contribution >= 0.6 is 11.3 Å². The highest BCUT2D eigenvalue weighted by atomic mass is 32.2. The van der Waals surface area contributed by atoms with E-state index in [-0.39, 0.29) is 16.8 Å². The summed E-state index contributed by atoms with van der Waals surface area (Å²) in [6, 6.07) is 3.64. The van der Waals surface area contributed by atoms with Crippen LogP contribution in [-0.4, -0.2) is 25.2 Å². The highest BCUT2D eigenvalue weighted by molar-refractivity contribution is 7.92. The van der Waals surface area contributed by atoms with Crippen LogP contribution in [0, 0.1) is 0 Å². The average Bonchev–Trinajstić information content (AvgIpc) is 2.93. The van der Waals surface area contributed by atoms with Crippen LogP contribution in [0.15, 0.2) is 17.5 Å². The van der Waals surface area contributed by atoms with E-state index in [9.17, 15) is 13.2 Å². The van der Waals surface area contributed by atoms with Crippen molar-refractivity contribution < 1.29 is 13.2 Å². The predicted octanol–water partition coefficient (Wildman–Crippen LogP) is 3.46. The monoisotopic (exact) mass is 300 g/mol. The molecule has 0 amide bonds. The van der Waals surface area contributed by atoms with Gasteiger partial charge in [-0.25, -0.2) is 8.42 Å². The molecule has 3 nitrogen and oxygen atoms in total. The summed E-state index contributed by atoms with van der Waals surface area (Å²) in [7, 11) is -3.00. The zero-order valence-electron chi connectivity index (χ0n) is 11.0. The largest absolute Gasteiger partial charge is 0.293 e. The van der Waals surface area contributed by atoms with Crippen molar-refractivity contribution in [1.82, 2.24) is 0 Å². The fraction of sp³-hybridized carbons (Fsp3) is 0.643. The number of carbonyl (C=O) groups excluding carboxylic acids is 1. The molecule has 1 aliphatic rings. The van der Waals surface area contributed by atoms with Crippen molar-refractivity contribution in [3.05, 3.63) is 22.4 Å². The first-order chi connectivity index (χ1) is 9.09. The van der Waals surface area contributed by atoms with Gasteiger partial charge in [-0.3, -0.25) is 4.79 Å². The van der Waals surface area contributed by atoms with Crippen LogP contribution in [0.2, 0.25) is 0 Å². The zero-order chi connectivity index (χ0) is 13.7. The average molecular weight is 300 g/mol. The molecule has 1 aliphatic carbocycles. The maximum absolute atomic E-state index is 12.1. The number of carbonyl (C=O) groups is 1. The van der Waals surface area contributed by atoms with E-state index in [2.05, 4.69) is 0 Å². The lowest BCUT2D eigenvalue weighted by Crippen LogP contribution is -2.26. The second kappa shape index (κ2) is 6.66. The van der Waals surface area contributed by atoms with Crippen molar-refractivity contribution >= 4 is 27.0 Å². The number of thiophene rings is 1. The summed E-state index contributed by atoms with van der Waals surface area (Å²) in [5.74, 6) is 0.225. The molecule has 1 heterocycles. The van der Waals surface area contributed by atoms with Gasteiger partial charge < -0.3 is 0 Å². The molecule has 106 valence electrons. The molecule has 0 aromatic carbocycles. The van der Waals surface area contributed by atoms with Crippen LogP contribution in [-0.2, 0) is 9.84 Å². The maximum atomic E-state index is 12.1. The van der Waals surface area contributed by atoms with Gasteiger partial charge in [-0.05, 0) is 30.7 Å². The number of Topliss-reactive ketones (excluding diaryl/α,β-unsaturated/α-hetero) is 1. The van der Waals surface area contributed by atoms with E-state index < -0.39 is 9.84 Å². The quantitative estimate of drug-likeness (QED) is 0.756. The summed E-state index contributed by atoms with van der Waals surface area (Å²) in [5.41, 5.74) is 0. The Balaban J connectivity index is 1.80. The Kier molecular flexibility index (Phi) is 5.16. The van der Waals surface area contributed by atoms with Gasteiger partial charge in [0.05, 0.1) is 15.9 Å². The number of ketones is 1. The van der Waals surface area contributed by atoms with E-state index in [0.717, 1.165) is 37.0 Å². The normalized spacial score (nSPS) is 17.5. The molecule has 0 spiro atoms. The van der Waals surface area contributed by atoms with Gasteiger partial charge in [0.25, 0.3) is 0 Å². The first kappa shape index (κ1) is 14.7. The van der Waals surface area contributed by atoms with Crippen LogP contribution in [0.1, 0.15) is 54.6 Å². The van der Waals surface area contributed by atoms with E-state index in [1.165, 1.54) is 11.3 Å². The zero-order valence-corrected chi connectivity index (χ0v) is 12.6. The molecule has 0 unspecified atom stereocenters. The molecule has 1 fully saturated rings. The molecule has 0 N–H and O–H groups in total. The molecule has 1 aromatic rings. The van der Waals surface area contributed by atoms with E-state index in [4.69, 9.17) is 0 Å². The summed E-state index contributed by atoms with van der Waals surface area (Å²) in [4.78, 5) is 12.5. The van der Waals surface area contributed by atoms with Crippen molar-refractivity contribution in [2.24, 2.45) is 0 Å². The molecule has 0 radical (unpaired) electrons. The van der Waals surface area contributed by atoms with Gasteiger partial charge in [0.15, 0.2) is 15.6 Å². The standard InChI is InChI=1S/C14H20O3S2/c15-13(14-9-4-10-18-14)8-5-11-19(16,17)12-6-2-1-3-7-12/h4,9-10,12H,1-3,5-8,11H2. The predicted molar refractivity (Wildman–Crippen MR) is 78.5 cm³/mol. The topological polar surface area (TPSA) is 51.2 Å². The maximum Gasteiger partial charge on any atom is 0.172 e. The first-order valence-electron chi connectivity index (χ1n) is 6.88. The van der Waals surface area contributed by atoms with Crippen LogP contribution in [0.4, 0.5) is 0 Å². The van der Waals surface area contributed by atoms with Crippen molar-refractivity contribution in [2.75, 3.05) is 5.75 Å². The second-order valence-corrected chi connectivity index (χ2v) is 8.48. The van der Waals surface area contributed by atoms with E-state index in [1.807, 2.05) is 11.4 Å². The Labute approximate surface area is 119 Å². The summed E-state index contributed by atoms with van der Waals surface area (Å²) in [6.07, 6.45) is 5.61. The second-order valence-electron chi connectivity index (χ2n) is 5.13. The molecule has 0 bridgehead atoms. The van der Waals surface area contributed by atoms with Crippen molar-refractivity contribution in [3.63, 3.8) is 0 Å². The van der Waals surface area contributed by atoms with Gasteiger partial charge in [-0.1, -0.05) is 25.3 Å². The van der Waals surface area contributed by atoms with Crippen LogP contribution in [0.3, 0.4) is 0 Å². The molecule has 0 atom stereocenters. The Bertz CT molecular complexity index is 497. The highest BCUT2D eigenvalue weighted by Crippen LogP contribution is 2.25. The van der Waals surface area contributed by atoms with E-state index in [1.54, 1.807) is 6.07 Å². The Morgan fingerprint density at radius 3 is 2.63 bits per heavy atom. The number of hydrogen-bond donors (Lipinski definition) is 0. The van der Waals surface area contributed by atoms with Gasteiger partial charge in [0.2, 0.25) is 0 Å². The molecule has 0 saturated heterocycles. The summed E-state index contributed by atoms with van der Waals surface area (Å²) in [6.45, 7) is 0. The SMILES string of the molecule is O=C(CCCS(=O)(=O)C1CCCCC1)c1cccs1. The molecular formula is C14H20O3S2. The minimum atomic E-state index is -3.00. The van der Waals surface area contributed by atoms with Crippen LogP contribution in [0.5, 0.6) is 0 Å². The number of hydrogen-bond acceptors (Lipinski definition) is 4. The molecular weight excluding hydrogens is 280 g/mol. The highest BCUT2D eigenvalue weighted by Gasteiger charge is 2.26. The summed E-state index contributed by atoms with van der Waals surface area (Å²) >= 11 is 1.42. The fourth-order valence-electron chi connectivity index (χ4n) is 2.59. The van der Waals surface area contributed by atoms with Crippen LogP contribution in [0.25, 0.3) is 0 Å². The van der Waals surface area contributed by atoms with Gasteiger partial charge in [0.1, 0.15) is 0 Å². The fourth-order valence-corrected chi connectivity index (χ4v) is 5.21. The molecule has 19 heavy (non-hydrogen) atoms. The Morgan fingerprint density at radius 2 is 2.00 bits per heavy atom. The van der Waals surface area contributed by atoms with Crippen molar-refractivity contribution in [3.8, 4) is 0 Å². The molecule has 0 aliphatic heterocycles. The van der Waals surface area contributed by atoms with Gasteiger partial charge >= 0.3 is 0 Å². The Morgan fingerprint density at radius 1 is 1.26 bits per heavy atom. The lowest BCUT2D eigenvalue weighted by molar-refractivity contribution is 0.0986. The van der Waals surface area contributed by atoms with Crippen LogP contribution < -0.4 is 0 Å². The third kappa shape index (κ3) is 4.14. The third-order valence-electron chi connectivity index (χ3n) is 3.69. The minimum Gasteiger partial charge on any atom is -0.293 e. The van der Waals surface area contributed by atoms with Gasteiger partial charge in [-0.15, -0.1) is 11.3 Å². The number of rotatable bonds is 6. The summed E-state index contributed by atoms with van der Waals surface area (Å²) < 4.78 is 24.3. The lowest BCUT2D eigenvalue weighted by atomic mass is 10.0. The van der Waals surface area contributed by atoms with Gasteiger partial charge in [0, 0.05) is 6.42 Å². The van der Waals surface area contributed by atoms with Crippen molar-refractivity contribution in [2.45, 2.75) is 50.2 Å². The van der Waals surface area contributed by atoms with Gasteiger partial charge in [-0.2, -0.15) is 0 Å². The first-order valence-corrected chi connectivity index (χ1v) is 9.47. The summed E-state index contributed by atoms with van der Waals surface area (Å²) in [5, 5.41) is 1.71. The molecule has 5 heteroatoms.